The molecule has 0 atom stereocenters. The second-order valence-electron chi connectivity index (χ2n) is 6.86. The molecule has 0 unspecified atom stereocenters. The molecule has 1 N–H and O–H groups in total. The summed E-state index contributed by atoms with van der Waals surface area (Å²) in [6, 6.07) is 18.5. The maximum Gasteiger partial charge on any atom is 0.00105 e. The molecule has 22 heavy (non-hydrogen) atoms. The molecule has 0 saturated carbocycles. The average molecular weight is 295 g/mol. The van der Waals surface area contributed by atoms with Crippen molar-refractivity contribution in [2.75, 3.05) is 6.54 Å². The van der Waals surface area contributed by atoms with E-state index in [1.807, 2.05) is 0 Å². The Morgan fingerprint density at radius 2 is 1.41 bits per heavy atom. The predicted octanol–water partition coefficient (Wildman–Crippen LogP) is 5.09. The number of nitrogens with one attached hydrogen (secondary N) is 1. The second-order valence-corrected chi connectivity index (χ2v) is 6.86. The Bertz CT molecular complexity index is 584. The molecule has 0 aliphatic carbocycles. The van der Waals surface area contributed by atoms with Crippen molar-refractivity contribution in [2.24, 2.45) is 5.92 Å². The van der Waals surface area contributed by atoms with Gasteiger partial charge in [0.1, 0.15) is 0 Å². The lowest BCUT2D eigenvalue weighted by Crippen LogP contribution is -2.24. The highest BCUT2D eigenvalue weighted by Crippen LogP contribution is 2.23. The van der Waals surface area contributed by atoms with Crippen LogP contribution in [0.1, 0.15) is 38.8 Å². The Kier molecular flexibility index (Phi) is 6.21. The van der Waals surface area contributed by atoms with Crippen LogP contribution in [0.5, 0.6) is 0 Å². The molecule has 0 spiro atoms. The number of hydrogen-bond acceptors (Lipinski definition) is 1. The molecule has 1 nitrogen and oxygen atoms in total. The minimum absolute atomic E-state index is 0.552. The predicted molar refractivity (Wildman–Crippen MR) is 97.3 cm³/mol. The second kappa shape index (κ2) is 8.14. The van der Waals surface area contributed by atoms with Gasteiger partial charge in [-0.25, -0.2) is 0 Å². The quantitative estimate of drug-likeness (QED) is 0.750. The molecule has 0 saturated heterocycles. The molecule has 0 fully saturated rings. The molecular weight excluding hydrogens is 266 g/mol. The highest BCUT2D eigenvalue weighted by Gasteiger charge is 2.03. The summed E-state index contributed by atoms with van der Waals surface area (Å²) in [6.45, 7) is 9.96. The Morgan fingerprint density at radius 3 is 2.00 bits per heavy atom. The maximum atomic E-state index is 3.48. The zero-order chi connectivity index (χ0) is 15.9. The molecule has 0 amide bonds. The lowest BCUT2D eigenvalue weighted by Gasteiger charge is -2.10. The molecule has 0 aliphatic heterocycles. The van der Waals surface area contributed by atoms with Crippen LogP contribution < -0.4 is 5.32 Å². The maximum absolute atomic E-state index is 3.48. The van der Waals surface area contributed by atoms with E-state index in [0.29, 0.717) is 12.0 Å². The van der Waals surface area contributed by atoms with Gasteiger partial charge in [0, 0.05) is 6.04 Å². The summed E-state index contributed by atoms with van der Waals surface area (Å²) >= 11 is 0. The van der Waals surface area contributed by atoms with E-state index in [1.165, 1.54) is 22.3 Å². The standard InChI is InChI=1S/C21H29N/c1-16(2)13-19-8-6-10-21(15-19)20-9-5-7-18(14-20)11-12-22-17(3)4/h5-10,14-17,22H,11-13H2,1-4H3. The van der Waals surface area contributed by atoms with E-state index in [-0.39, 0.29) is 0 Å². The first-order valence-corrected chi connectivity index (χ1v) is 8.46. The van der Waals surface area contributed by atoms with Gasteiger partial charge in [-0.1, -0.05) is 76.2 Å². The van der Waals surface area contributed by atoms with Crippen molar-refractivity contribution in [3.05, 3.63) is 59.7 Å². The summed E-state index contributed by atoms with van der Waals surface area (Å²) < 4.78 is 0. The van der Waals surface area contributed by atoms with Crippen molar-refractivity contribution in [1.82, 2.24) is 5.32 Å². The summed E-state index contributed by atoms with van der Waals surface area (Å²) in [7, 11) is 0. The fourth-order valence-corrected chi connectivity index (χ4v) is 2.76. The first-order chi connectivity index (χ1) is 10.5. The fraction of sp³-hybridized carbons (Fsp3) is 0.429. The van der Waals surface area contributed by atoms with E-state index in [2.05, 4.69) is 81.5 Å². The minimum Gasteiger partial charge on any atom is -0.314 e. The van der Waals surface area contributed by atoms with E-state index >= 15 is 0 Å². The zero-order valence-electron chi connectivity index (χ0n) is 14.4. The molecular formula is C21H29N. The van der Waals surface area contributed by atoms with Crippen LogP contribution >= 0.6 is 0 Å². The third-order valence-corrected chi connectivity index (χ3v) is 3.80. The largest absolute Gasteiger partial charge is 0.314 e. The van der Waals surface area contributed by atoms with Gasteiger partial charge in [-0.15, -0.1) is 0 Å². The highest BCUT2D eigenvalue weighted by molar-refractivity contribution is 5.65. The van der Waals surface area contributed by atoms with Crippen LogP contribution in [0.3, 0.4) is 0 Å². The van der Waals surface area contributed by atoms with Crippen LogP contribution in [0, 0.1) is 5.92 Å². The summed E-state index contributed by atoms with van der Waals surface area (Å²) in [5, 5.41) is 3.48. The first-order valence-electron chi connectivity index (χ1n) is 8.46. The number of benzene rings is 2. The Labute approximate surface area is 135 Å². The molecule has 2 rings (SSSR count). The van der Waals surface area contributed by atoms with E-state index in [1.54, 1.807) is 0 Å². The van der Waals surface area contributed by atoms with Crippen LogP contribution in [-0.4, -0.2) is 12.6 Å². The Balaban J connectivity index is 2.11. The zero-order valence-corrected chi connectivity index (χ0v) is 14.4. The van der Waals surface area contributed by atoms with Gasteiger partial charge in [0.05, 0.1) is 0 Å². The smallest absolute Gasteiger partial charge is 0.00105 e. The minimum atomic E-state index is 0.552. The molecule has 0 bridgehead atoms. The van der Waals surface area contributed by atoms with Crippen molar-refractivity contribution in [3.8, 4) is 11.1 Å². The van der Waals surface area contributed by atoms with Gasteiger partial charge < -0.3 is 5.32 Å². The van der Waals surface area contributed by atoms with Crippen molar-refractivity contribution >= 4 is 0 Å². The Hall–Kier alpha value is -1.60. The number of hydrogen-bond donors (Lipinski definition) is 1. The fourth-order valence-electron chi connectivity index (χ4n) is 2.76. The van der Waals surface area contributed by atoms with Gasteiger partial charge in [-0.05, 0) is 47.6 Å². The lowest BCUT2D eigenvalue weighted by molar-refractivity contribution is 0.590. The summed E-state index contributed by atoms with van der Waals surface area (Å²) in [5.41, 5.74) is 5.49. The van der Waals surface area contributed by atoms with Crippen LogP contribution in [0.15, 0.2) is 48.5 Å². The molecule has 0 heterocycles. The average Bonchev–Trinajstić information content (AvgIpc) is 2.47. The van der Waals surface area contributed by atoms with Gasteiger partial charge in [-0.2, -0.15) is 0 Å². The molecule has 0 aliphatic rings. The van der Waals surface area contributed by atoms with E-state index < -0.39 is 0 Å². The van der Waals surface area contributed by atoms with Gasteiger partial charge in [0.2, 0.25) is 0 Å². The first kappa shape index (κ1) is 16.8. The summed E-state index contributed by atoms with van der Waals surface area (Å²) in [4.78, 5) is 0. The summed E-state index contributed by atoms with van der Waals surface area (Å²) in [6.07, 6.45) is 2.23. The van der Waals surface area contributed by atoms with Gasteiger partial charge in [-0.3, -0.25) is 0 Å². The highest BCUT2D eigenvalue weighted by atomic mass is 14.9. The molecule has 1 heteroatoms. The molecule has 0 radical (unpaired) electrons. The van der Waals surface area contributed by atoms with Gasteiger partial charge in [0.25, 0.3) is 0 Å². The number of rotatable bonds is 7. The molecule has 2 aromatic carbocycles. The molecule has 0 aromatic heterocycles. The van der Waals surface area contributed by atoms with Crippen LogP contribution in [-0.2, 0) is 12.8 Å². The lowest BCUT2D eigenvalue weighted by atomic mass is 9.97. The Morgan fingerprint density at radius 1 is 0.818 bits per heavy atom. The monoisotopic (exact) mass is 295 g/mol. The van der Waals surface area contributed by atoms with E-state index in [0.717, 1.165) is 19.4 Å². The van der Waals surface area contributed by atoms with Crippen molar-refractivity contribution < 1.29 is 0 Å². The van der Waals surface area contributed by atoms with Crippen LogP contribution in [0.4, 0.5) is 0 Å². The molecule has 2 aromatic rings. The van der Waals surface area contributed by atoms with E-state index in [9.17, 15) is 0 Å². The topological polar surface area (TPSA) is 12.0 Å². The van der Waals surface area contributed by atoms with E-state index in [4.69, 9.17) is 0 Å². The van der Waals surface area contributed by atoms with Crippen molar-refractivity contribution in [1.29, 1.82) is 0 Å². The summed E-state index contributed by atoms with van der Waals surface area (Å²) in [5.74, 6) is 0.698. The van der Waals surface area contributed by atoms with Crippen LogP contribution in [0.2, 0.25) is 0 Å². The SMILES string of the molecule is CC(C)Cc1cccc(-c2cccc(CCNC(C)C)c2)c1. The van der Waals surface area contributed by atoms with Crippen molar-refractivity contribution in [3.63, 3.8) is 0 Å². The molecule has 118 valence electrons. The third kappa shape index (κ3) is 5.31. The normalized spacial score (nSPS) is 11.4. The van der Waals surface area contributed by atoms with Gasteiger partial charge in [0.15, 0.2) is 0 Å². The van der Waals surface area contributed by atoms with Crippen LogP contribution in [0.25, 0.3) is 11.1 Å². The van der Waals surface area contributed by atoms with Gasteiger partial charge >= 0.3 is 0 Å². The van der Waals surface area contributed by atoms with Crippen molar-refractivity contribution in [2.45, 2.75) is 46.6 Å². The third-order valence-electron chi connectivity index (χ3n) is 3.80.